The number of hydrogen-bond acceptors (Lipinski definition) is 4. The first-order chi connectivity index (χ1) is 8.51. The zero-order chi connectivity index (χ0) is 13.2. The maximum absolute atomic E-state index is 12.0. The minimum atomic E-state index is -3.65. The Morgan fingerprint density at radius 1 is 1.39 bits per heavy atom. The number of aromatic nitrogens is 3. The minimum Gasteiger partial charge on any atom is -0.336 e. The van der Waals surface area contributed by atoms with Crippen LogP contribution in [0.2, 0.25) is 0 Å². The van der Waals surface area contributed by atoms with Crippen molar-refractivity contribution in [2.45, 2.75) is 18.5 Å². The number of anilines is 1. The van der Waals surface area contributed by atoms with E-state index in [2.05, 4.69) is 30.6 Å². The predicted octanol–water partition coefficient (Wildman–Crippen LogP) is 1.86. The van der Waals surface area contributed by atoms with Gasteiger partial charge in [-0.15, -0.1) is 0 Å². The molecule has 0 aliphatic carbocycles. The maximum atomic E-state index is 12.0. The fraction of sp³-hybridized carbons (Fsp3) is 0.200. The molecule has 0 fully saturated rings. The average Bonchev–Trinajstić information content (AvgIpc) is 2.81. The molecule has 2 aromatic heterocycles. The molecule has 0 unspecified atom stereocenters. The zero-order valence-corrected chi connectivity index (χ0v) is 11.9. The van der Waals surface area contributed by atoms with E-state index >= 15 is 0 Å². The summed E-state index contributed by atoms with van der Waals surface area (Å²) in [5.74, 6) is 0. The van der Waals surface area contributed by atoms with Crippen molar-refractivity contribution in [1.29, 1.82) is 0 Å². The molecule has 0 aromatic carbocycles. The molecule has 6 nitrogen and oxygen atoms in total. The predicted molar refractivity (Wildman–Crippen MR) is 70.6 cm³/mol. The van der Waals surface area contributed by atoms with E-state index in [0.717, 1.165) is 0 Å². The highest BCUT2D eigenvalue weighted by atomic mass is 79.9. The molecule has 18 heavy (non-hydrogen) atoms. The lowest BCUT2D eigenvalue weighted by atomic mass is 10.4. The largest absolute Gasteiger partial charge is 0.336 e. The van der Waals surface area contributed by atoms with Gasteiger partial charge in [-0.3, -0.25) is 4.72 Å². The molecule has 0 spiro atoms. The third kappa shape index (κ3) is 2.88. The Hall–Kier alpha value is -1.41. The van der Waals surface area contributed by atoms with E-state index in [4.69, 9.17) is 0 Å². The Morgan fingerprint density at radius 3 is 2.72 bits per heavy atom. The van der Waals surface area contributed by atoms with E-state index in [9.17, 15) is 8.42 Å². The summed E-state index contributed by atoms with van der Waals surface area (Å²) >= 11 is 3.18. The van der Waals surface area contributed by atoms with Gasteiger partial charge in [0.25, 0.3) is 10.0 Å². The number of aryl methyl sites for hydroxylation is 1. The molecular weight excluding hydrogens is 320 g/mol. The lowest BCUT2D eigenvalue weighted by molar-refractivity contribution is 0.598. The summed E-state index contributed by atoms with van der Waals surface area (Å²) in [5, 5.41) is -0.00716. The zero-order valence-electron chi connectivity index (χ0n) is 9.54. The van der Waals surface area contributed by atoms with Gasteiger partial charge in [0.2, 0.25) is 0 Å². The number of rotatable bonds is 4. The van der Waals surface area contributed by atoms with Crippen molar-refractivity contribution in [3.63, 3.8) is 0 Å². The average molecular weight is 331 g/mol. The molecule has 0 amide bonds. The van der Waals surface area contributed by atoms with Gasteiger partial charge in [-0.05, 0) is 35.0 Å². The van der Waals surface area contributed by atoms with Crippen LogP contribution in [0.5, 0.6) is 0 Å². The normalized spacial score (nSPS) is 11.4. The second kappa shape index (κ2) is 5.07. The fourth-order valence-electron chi connectivity index (χ4n) is 1.29. The fourth-order valence-corrected chi connectivity index (χ4v) is 2.53. The summed E-state index contributed by atoms with van der Waals surface area (Å²) < 4.78 is 28.7. The van der Waals surface area contributed by atoms with Crippen LogP contribution >= 0.6 is 15.9 Å². The first kappa shape index (κ1) is 13.0. The van der Waals surface area contributed by atoms with Gasteiger partial charge in [0.05, 0.1) is 18.2 Å². The molecule has 0 radical (unpaired) electrons. The molecule has 0 aliphatic heterocycles. The van der Waals surface area contributed by atoms with Crippen LogP contribution < -0.4 is 4.72 Å². The maximum Gasteiger partial charge on any atom is 0.280 e. The number of imidazole rings is 1. The number of nitrogens with one attached hydrogen (secondary N) is 1. The second-order valence-electron chi connectivity index (χ2n) is 3.52. The summed E-state index contributed by atoms with van der Waals surface area (Å²) in [6, 6.07) is 3.27. The van der Waals surface area contributed by atoms with Gasteiger partial charge < -0.3 is 4.57 Å². The highest BCUT2D eigenvalue weighted by molar-refractivity contribution is 9.10. The van der Waals surface area contributed by atoms with Crippen LogP contribution in [0, 0.1) is 0 Å². The van der Waals surface area contributed by atoms with Crippen LogP contribution in [-0.4, -0.2) is 23.0 Å². The van der Waals surface area contributed by atoms with Crippen molar-refractivity contribution >= 4 is 31.6 Å². The molecule has 2 heterocycles. The van der Waals surface area contributed by atoms with Gasteiger partial charge in [0.1, 0.15) is 4.60 Å². The van der Waals surface area contributed by atoms with Gasteiger partial charge in [-0.1, -0.05) is 0 Å². The van der Waals surface area contributed by atoms with Gasteiger partial charge in [0, 0.05) is 12.7 Å². The van der Waals surface area contributed by atoms with Gasteiger partial charge in [-0.25, -0.2) is 9.97 Å². The molecule has 2 aromatic rings. The van der Waals surface area contributed by atoms with E-state index in [1.54, 1.807) is 16.7 Å². The summed E-state index contributed by atoms with van der Waals surface area (Å²) in [6.45, 7) is 2.58. The van der Waals surface area contributed by atoms with E-state index < -0.39 is 10.0 Å². The van der Waals surface area contributed by atoms with E-state index in [1.807, 2.05) is 6.92 Å². The van der Waals surface area contributed by atoms with Crippen molar-refractivity contribution in [3.05, 3.63) is 35.5 Å². The second-order valence-corrected chi connectivity index (χ2v) is 5.96. The number of pyridine rings is 1. The standard InChI is InChI=1S/C10H11BrN4O2S/c1-2-15-6-10(13-7-15)18(16,17)14-8-3-4-9(11)12-5-8/h3-7,14H,2H2,1H3. The number of nitrogens with zero attached hydrogens (tertiary/aromatic N) is 3. The Kier molecular flexibility index (Phi) is 3.67. The van der Waals surface area contributed by atoms with Crippen LogP contribution in [0.3, 0.4) is 0 Å². The van der Waals surface area contributed by atoms with E-state index in [0.29, 0.717) is 16.8 Å². The van der Waals surface area contributed by atoms with Crippen molar-refractivity contribution < 1.29 is 8.42 Å². The molecule has 0 saturated carbocycles. The molecule has 1 N–H and O–H groups in total. The Labute approximate surface area is 113 Å². The molecule has 96 valence electrons. The lowest BCUT2D eigenvalue weighted by Gasteiger charge is -2.04. The van der Waals surface area contributed by atoms with Crippen molar-refractivity contribution in [2.24, 2.45) is 0 Å². The molecule has 0 atom stereocenters. The van der Waals surface area contributed by atoms with Crippen LogP contribution in [0.15, 0.2) is 40.5 Å². The number of sulfonamides is 1. The lowest BCUT2D eigenvalue weighted by Crippen LogP contribution is -2.13. The van der Waals surface area contributed by atoms with E-state index in [1.165, 1.54) is 18.7 Å². The van der Waals surface area contributed by atoms with Crippen molar-refractivity contribution in [2.75, 3.05) is 4.72 Å². The Balaban J connectivity index is 2.24. The smallest absolute Gasteiger partial charge is 0.280 e. The monoisotopic (exact) mass is 330 g/mol. The molecule has 0 aliphatic rings. The van der Waals surface area contributed by atoms with Crippen LogP contribution in [-0.2, 0) is 16.6 Å². The quantitative estimate of drug-likeness (QED) is 0.868. The van der Waals surface area contributed by atoms with Gasteiger partial charge in [-0.2, -0.15) is 8.42 Å². The van der Waals surface area contributed by atoms with Crippen molar-refractivity contribution in [1.82, 2.24) is 14.5 Å². The first-order valence-corrected chi connectivity index (χ1v) is 7.45. The number of halogens is 1. The Morgan fingerprint density at radius 2 is 2.17 bits per heavy atom. The highest BCUT2D eigenvalue weighted by Crippen LogP contribution is 2.15. The minimum absolute atomic E-state index is 0.00716. The summed E-state index contributed by atoms with van der Waals surface area (Å²) in [6.07, 6.45) is 4.39. The molecular formula is C10H11BrN4O2S. The topological polar surface area (TPSA) is 76.9 Å². The molecule has 0 saturated heterocycles. The third-order valence-electron chi connectivity index (χ3n) is 2.23. The third-order valence-corrected chi connectivity index (χ3v) is 3.96. The first-order valence-electron chi connectivity index (χ1n) is 5.17. The molecule has 2 rings (SSSR count). The highest BCUT2D eigenvalue weighted by Gasteiger charge is 2.17. The molecule has 0 bridgehead atoms. The van der Waals surface area contributed by atoms with Crippen LogP contribution in [0.1, 0.15) is 6.92 Å². The summed E-state index contributed by atoms with van der Waals surface area (Å²) in [4.78, 5) is 7.80. The summed E-state index contributed by atoms with van der Waals surface area (Å²) in [5.41, 5.74) is 0.393. The van der Waals surface area contributed by atoms with Crippen molar-refractivity contribution in [3.8, 4) is 0 Å². The van der Waals surface area contributed by atoms with E-state index in [-0.39, 0.29) is 5.03 Å². The van der Waals surface area contributed by atoms with Gasteiger partial charge in [0.15, 0.2) is 5.03 Å². The van der Waals surface area contributed by atoms with Crippen LogP contribution in [0.4, 0.5) is 5.69 Å². The molecule has 8 heteroatoms. The Bertz CT molecular complexity index is 636. The SMILES string of the molecule is CCn1cnc(S(=O)(=O)Nc2ccc(Br)nc2)c1. The van der Waals surface area contributed by atoms with Gasteiger partial charge >= 0.3 is 0 Å². The number of hydrogen-bond donors (Lipinski definition) is 1. The van der Waals surface area contributed by atoms with Crippen LogP contribution in [0.25, 0.3) is 0 Å². The summed E-state index contributed by atoms with van der Waals surface area (Å²) in [7, 11) is -3.65.